The van der Waals surface area contributed by atoms with Crippen molar-refractivity contribution in [2.75, 3.05) is 13.1 Å². The van der Waals surface area contributed by atoms with E-state index in [4.69, 9.17) is 0 Å². The van der Waals surface area contributed by atoms with E-state index in [-0.39, 0.29) is 22.9 Å². The minimum Gasteiger partial charge on any atom is -0.346 e. The van der Waals surface area contributed by atoms with Crippen molar-refractivity contribution in [1.29, 1.82) is 0 Å². The van der Waals surface area contributed by atoms with E-state index in [2.05, 4.69) is 21.8 Å². The van der Waals surface area contributed by atoms with Crippen molar-refractivity contribution in [3.8, 4) is 0 Å². The van der Waals surface area contributed by atoms with Crippen molar-refractivity contribution in [3.05, 3.63) is 63.2 Å². The second-order valence-corrected chi connectivity index (χ2v) is 7.69. The van der Waals surface area contributed by atoms with E-state index in [0.29, 0.717) is 18.5 Å². The third kappa shape index (κ3) is 2.43. The molecule has 0 saturated carbocycles. The van der Waals surface area contributed by atoms with Gasteiger partial charge >= 0.3 is 0 Å². The van der Waals surface area contributed by atoms with Crippen LogP contribution in [0.3, 0.4) is 0 Å². The highest BCUT2D eigenvalue weighted by Gasteiger charge is 2.31. The minimum absolute atomic E-state index is 0.149. The molecule has 138 valence electrons. The number of para-hydroxylation sites is 1. The molecule has 4 heterocycles. The summed E-state index contributed by atoms with van der Waals surface area (Å²) < 4.78 is 4.08. The van der Waals surface area contributed by atoms with Gasteiger partial charge in [-0.2, -0.15) is 5.10 Å². The standard InChI is InChI=1S/C21H22N4O2/c1-13-10-14(2)25(22-13)16-7-9-24(11-16)21(27)18-12-23-8-6-15-4-3-5-17(19(15)23)20(18)26/h3-5,10,12,16H,6-9,11H2,1-2H3/t16-/m1/s1. The molecule has 2 aliphatic rings. The van der Waals surface area contributed by atoms with Gasteiger partial charge in [-0.15, -0.1) is 0 Å². The van der Waals surface area contributed by atoms with Crippen LogP contribution in [0.25, 0.3) is 10.9 Å². The Morgan fingerprint density at radius 3 is 2.85 bits per heavy atom. The summed E-state index contributed by atoms with van der Waals surface area (Å²) in [5, 5.41) is 5.22. The van der Waals surface area contributed by atoms with Crippen LogP contribution in [0.15, 0.2) is 35.3 Å². The van der Waals surface area contributed by atoms with Gasteiger partial charge in [0.2, 0.25) is 5.43 Å². The second-order valence-electron chi connectivity index (χ2n) is 7.69. The van der Waals surface area contributed by atoms with E-state index >= 15 is 0 Å². The topological polar surface area (TPSA) is 60.1 Å². The Labute approximate surface area is 157 Å². The molecular formula is C21H22N4O2. The lowest BCUT2D eigenvalue weighted by atomic mass is 10.1. The number of carbonyl (C=O) groups is 1. The van der Waals surface area contributed by atoms with Crippen molar-refractivity contribution in [2.24, 2.45) is 0 Å². The highest BCUT2D eigenvalue weighted by molar-refractivity contribution is 5.98. The molecule has 27 heavy (non-hydrogen) atoms. The first-order valence-electron chi connectivity index (χ1n) is 9.50. The van der Waals surface area contributed by atoms with Crippen molar-refractivity contribution in [2.45, 2.75) is 39.3 Å². The molecule has 1 fully saturated rings. The Kier molecular flexibility index (Phi) is 3.50. The predicted octanol–water partition coefficient (Wildman–Crippen LogP) is 2.46. The maximum Gasteiger partial charge on any atom is 0.259 e. The van der Waals surface area contributed by atoms with Crippen LogP contribution in [-0.2, 0) is 13.0 Å². The Morgan fingerprint density at radius 1 is 1.22 bits per heavy atom. The number of amides is 1. The van der Waals surface area contributed by atoms with E-state index in [1.165, 1.54) is 5.56 Å². The summed E-state index contributed by atoms with van der Waals surface area (Å²) in [6.07, 6.45) is 3.54. The zero-order valence-corrected chi connectivity index (χ0v) is 15.6. The van der Waals surface area contributed by atoms with Crippen LogP contribution in [0.5, 0.6) is 0 Å². The van der Waals surface area contributed by atoms with Crippen molar-refractivity contribution >= 4 is 16.8 Å². The SMILES string of the molecule is Cc1cc(C)n([C@@H]2CCN(C(=O)c3cn4c5c(cccc5c3=O)CC4)C2)n1. The molecular weight excluding hydrogens is 340 g/mol. The molecule has 1 atom stereocenters. The van der Waals surface area contributed by atoms with Gasteiger partial charge in [-0.1, -0.05) is 12.1 Å². The van der Waals surface area contributed by atoms with Gasteiger partial charge in [0.15, 0.2) is 0 Å². The van der Waals surface area contributed by atoms with Crippen LogP contribution >= 0.6 is 0 Å². The average molecular weight is 362 g/mol. The fourth-order valence-electron chi connectivity index (χ4n) is 4.62. The van der Waals surface area contributed by atoms with Gasteiger partial charge in [-0.05, 0) is 44.4 Å². The summed E-state index contributed by atoms with van der Waals surface area (Å²) in [6.45, 7) is 6.09. The fraction of sp³-hybridized carbons (Fsp3) is 0.381. The third-order valence-electron chi connectivity index (χ3n) is 5.87. The molecule has 0 aliphatic carbocycles. The molecule has 0 spiro atoms. The molecule has 0 radical (unpaired) electrons. The number of carbonyl (C=O) groups excluding carboxylic acids is 1. The van der Waals surface area contributed by atoms with Crippen LogP contribution in [0.2, 0.25) is 0 Å². The molecule has 5 rings (SSSR count). The Balaban J connectivity index is 1.48. The lowest BCUT2D eigenvalue weighted by Gasteiger charge is -2.18. The molecule has 0 bridgehead atoms. The van der Waals surface area contributed by atoms with Gasteiger partial charge in [0.05, 0.1) is 17.3 Å². The largest absolute Gasteiger partial charge is 0.346 e. The number of aryl methyl sites for hydroxylation is 4. The molecule has 2 aromatic heterocycles. The van der Waals surface area contributed by atoms with Crippen LogP contribution < -0.4 is 5.43 Å². The summed E-state index contributed by atoms with van der Waals surface area (Å²) in [6, 6.07) is 8.04. The lowest BCUT2D eigenvalue weighted by molar-refractivity contribution is 0.0785. The van der Waals surface area contributed by atoms with E-state index in [1.807, 2.05) is 30.7 Å². The molecule has 1 amide bonds. The molecule has 3 aromatic rings. The third-order valence-corrected chi connectivity index (χ3v) is 5.87. The first-order valence-corrected chi connectivity index (χ1v) is 9.50. The summed E-state index contributed by atoms with van der Waals surface area (Å²) in [4.78, 5) is 27.9. The molecule has 1 aromatic carbocycles. The zero-order chi connectivity index (χ0) is 18.7. The Morgan fingerprint density at radius 2 is 2.07 bits per heavy atom. The predicted molar refractivity (Wildman–Crippen MR) is 103 cm³/mol. The highest BCUT2D eigenvalue weighted by Crippen LogP contribution is 2.27. The number of aromatic nitrogens is 3. The van der Waals surface area contributed by atoms with Crippen LogP contribution in [0.4, 0.5) is 0 Å². The monoisotopic (exact) mass is 362 g/mol. The summed E-state index contributed by atoms with van der Waals surface area (Å²) >= 11 is 0. The minimum atomic E-state index is -0.160. The second kappa shape index (κ2) is 5.81. The smallest absolute Gasteiger partial charge is 0.259 e. The number of likely N-dealkylation sites (tertiary alicyclic amines) is 1. The fourth-order valence-corrected chi connectivity index (χ4v) is 4.62. The molecule has 0 unspecified atom stereocenters. The van der Waals surface area contributed by atoms with Gasteiger partial charge in [0.1, 0.15) is 5.56 Å². The van der Waals surface area contributed by atoms with Crippen molar-refractivity contribution in [3.63, 3.8) is 0 Å². The first kappa shape index (κ1) is 16.3. The maximum atomic E-state index is 13.1. The quantitative estimate of drug-likeness (QED) is 0.704. The number of hydrogen-bond acceptors (Lipinski definition) is 3. The molecule has 6 heteroatoms. The summed E-state index contributed by atoms with van der Waals surface area (Å²) in [5.74, 6) is -0.160. The zero-order valence-electron chi connectivity index (χ0n) is 15.6. The van der Waals surface area contributed by atoms with Crippen LogP contribution in [0.1, 0.15) is 39.8 Å². The summed E-state index contributed by atoms with van der Waals surface area (Å²) in [5.41, 5.74) is 4.41. The lowest BCUT2D eigenvalue weighted by Crippen LogP contribution is -2.33. The number of benzene rings is 1. The van der Waals surface area contributed by atoms with Gasteiger partial charge in [0, 0.05) is 36.9 Å². The number of nitrogens with zero attached hydrogens (tertiary/aromatic N) is 4. The number of rotatable bonds is 2. The van der Waals surface area contributed by atoms with Crippen molar-refractivity contribution in [1.82, 2.24) is 19.2 Å². The Bertz CT molecular complexity index is 1140. The van der Waals surface area contributed by atoms with Gasteiger partial charge in [0.25, 0.3) is 5.91 Å². The van der Waals surface area contributed by atoms with Crippen molar-refractivity contribution < 1.29 is 4.79 Å². The van der Waals surface area contributed by atoms with E-state index in [0.717, 1.165) is 36.3 Å². The van der Waals surface area contributed by atoms with E-state index < -0.39 is 0 Å². The number of pyridine rings is 1. The number of hydrogen-bond donors (Lipinski definition) is 0. The van der Waals surface area contributed by atoms with Gasteiger partial charge in [-0.3, -0.25) is 14.3 Å². The molecule has 6 nitrogen and oxygen atoms in total. The molecule has 1 saturated heterocycles. The average Bonchev–Trinajstić information content (AvgIpc) is 3.36. The first-order chi connectivity index (χ1) is 13.0. The normalized spacial score (nSPS) is 18.6. The van der Waals surface area contributed by atoms with E-state index in [9.17, 15) is 9.59 Å². The van der Waals surface area contributed by atoms with Crippen LogP contribution in [-0.4, -0.2) is 38.2 Å². The van der Waals surface area contributed by atoms with Crippen LogP contribution in [0, 0.1) is 13.8 Å². The highest BCUT2D eigenvalue weighted by atomic mass is 16.2. The Hall–Kier alpha value is -2.89. The maximum absolute atomic E-state index is 13.1. The van der Waals surface area contributed by atoms with E-state index in [1.54, 1.807) is 11.1 Å². The van der Waals surface area contributed by atoms with Gasteiger partial charge < -0.3 is 9.47 Å². The molecule has 0 N–H and O–H groups in total. The van der Waals surface area contributed by atoms with Gasteiger partial charge in [-0.25, -0.2) is 0 Å². The summed E-state index contributed by atoms with van der Waals surface area (Å²) in [7, 11) is 0. The molecule has 2 aliphatic heterocycles.